The Hall–Kier alpha value is -0.130. The predicted octanol–water partition coefficient (Wildman–Crippen LogP) is 6.14. The summed E-state index contributed by atoms with van der Waals surface area (Å²) < 4.78 is 15.5. The van der Waals surface area contributed by atoms with Gasteiger partial charge in [-0.05, 0) is 89.0 Å². The highest BCUT2D eigenvalue weighted by molar-refractivity contribution is 14.1. The zero-order valence-electron chi connectivity index (χ0n) is 10.5. The first-order chi connectivity index (χ1) is 8.90. The Kier molecular flexibility index (Phi) is 4.90. The summed E-state index contributed by atoms with van der Waals surface area (Å²) in [4.78, 5) is 0. The summed E-state index contributed by atoms with van der Waals surface area (Å²) in [6.45, 7) is 3.79. The van der Waals surface area contributed by atoms with Crippen molar-refractivity contribution in [2.24, 2.45) is 0 Å². The van der Waals surface area contributed by atoms with Gasteiger partial charge in [-0.1, -0.05) is 15.9 Å². The van der Waals surface area contributed by atoms with Crippen LogP contribution < -0.4 is 0 Å². The maximum Gasteiger partial charge on any atom is 0.123 e. The van der Waals surface area contributed by atoms with Gasteiger partial charge in [0.2, 0.25) is 0 Å². The molecule has 0 nitrogen and oxygen atoms in total. The average molecular weight is 454 g/mol. The molecule has 2 rings (SSSR count). The van der Waals surface area contributed by atoms with E-state index in [9.17, 15) is 4.39 Å². The first-order valence-corrected chi connectivity index (χ1v) is 8.06. The van der Waals surface area contributed by atoms with Gasteiger partial charge in [-0.15, -0.1) is 11.6 Å². The summed E-state index contributed by atoms with van der Waals surface area (Å²) in [6.07, 6.45) is 0. The number of alkyl halides is 1. The van der Waals surface area contributed by atoms with Crippen molar-refractivity contribution >= 4 is 50.1 Å². The van der Waals surface area contributed by atoms with E-state index in [1.54, 1.807) is 0 Å². The van der Waals surface area contributed by atoms with Crippen LogP contribution in [-0.2, 0) is 0 Å². The lowest BCUT2D eigenvalue weighted by molar-refractivity contribution is 0.624. The number of hydrogen-bond acceptors (Lipinski definition) is 0. The van der Waals surface area contributed by atoms with Crippen molar-refractivity contribution in [1.29, 1.82) is 0 Å². The molecule has 2 aromatic carbocycles. The summed E-state index contributed by atoms with van der Waals surface area (Å²) in [5.41, 5.74) is 3.79. The number of halogens is 4. The molecule has 19 heavy (non-hydrogen) atoms. The molecule has 0 saturated carbocycles. The molecule has 0 fully saturated rings. The van der Waals surface area contributed by atoms with Gasteiger partial charge in [0.25, 0.3) is 0 Å². The molecule has 0 aliphatic heterocycles. The summed E-state index contributed by atoms with van der Waals surface area (Å²) in [6, 6.07) is 9.08. The summed E-state index contributed by atoms with van der Waals surface area (Å²) in [7, 11) is 0. The van der Waals surface area contributed by atoms with Crippen LogP contribution in [0.5, 0.6) is 0 Å². The number of aryl methyl sites for hydroxylation is 2. The lowest BCUT2D eigenvalue weighted by Crippen LogP contribution is -2.02. The summed E-state index contributed by atoms with van der Waals surface area (Å²) in [5, 5.41) is -0.273. The molecule has 100 valence electrons. The van der Waals surface area contributed by atoms with Crippen LogP contribution in [0.15, 0.2) is 34.8 Å². The van der Waals surface area contributed by atoms with Crippen LogP contribution >= 0.6 is 50.1 Å². The maximum atomic E-state index is 13.4. The van der Waals surface area contributed by atoms with Gasteiger partial charge >= 0.3 is 0 Å². The average Bonchev–Trinajstić information content (AvgIpc) is 2.30. The highest BCUT2D eigenvalue weighted by atomic mass is 127. The van der Waals surface area contributed by atoms with Crippen molar-refractivity contribution in [1.82, 2.24) is 0 Å². The van der Waals surface area contributed by atoms with Crippen molar-refractivity contribution in [3.63, 3.8) is 0 Å². The molecular formula is C15H12BrClFI. The molecule has 0 N–H and O–H groups in total. The lowest BCUT2D eigenvalue weighted by atomic mass is 9.95. The highest BCUT2D eigenvalue weighted by Gasteiger charge is 2.19. The second-order valence-electron chi connectivity index (χ2n) is 4.48. The third-order valence-electron chi connectivity index (χ3n) is 3.04. The van der Waals surface area contributed by atoms with Gasteiger partial charge in [0.1, 0.15) is 5.82 Å². The standard InChI is InChI=1S/C15H12BrClFI/c1-8-5-11(18)6-9(2)14(8)15(17)12-7-10(16)3-4-13(12)19/h3-7,15H,1-2H3. The zero-order valence-corrected chi connectivity index (χ0v) is 15.0. The molecule has 0 radical (unpaired) electrons. The second kappa shape index (κ2) is 6.10. The van der Waals surface area contributed by atoms with E-state index in [0.717, 1.165) is 30.3 Å². The van der Waals surface area contributed by atoms with Crippen molar-refractivity contribution in [3.8, 4) is 0 Å². The van der Waals surface area contributed by atoms with E-state index in [1.807, 2.05) is 32.0 Å². The van der Waals surface area contributed by atoms with E-state index < -0.39 is 0 Å². The van der Waals surface area contributed by atoms with Gasteiger partial charge in [-0.25, -0.2) is 4.39 Å². The topological polar surface area (TPSA) is 0 Å². The van der Waals surface area contributed by atoms with Crippen molar-refractivity contribution < 1.29 is 4.39 Å². The minimum absolute atomic E-state index is 0.216. The van der Waals surface area contributed by atoms with Gasteiger partial charge in [0.15, 0.2) is 0 Å². The minimum atomic E-state index is -0.273. The molecule has 0 aliphatic carbocycles. The number of hydrogen-bond donors (Lipinski definition) is 0. The minimum Gasteiger partial charge on any atom is -0.207 e. The third-order valence-corrected chi connectivity index (χ3v) is 4.97. The Morgan fingerprint density at radius 3 is 2.32 bits per heavy atom. The fourth-order valence-electron chi connectivity index (χ4n) is 2.19. The molecule has 0 bridgehead atoms. The SMILES string of the molecule is Cc1cc(F)cc(C)c1C(Cl)c1cc(Br)ccc1I. The first kappa shape index (κ1) is 15.3. The molecule has 0 spiro atoms. The van der Waals surface area contributed by atoms with Gasteiger partial charge in [0.05, 0.1) is 5.38 Å². The predicted molar refractivity (Wildman–Crippen MR) is 90.4 cm³/mol. The van der Waals surface area contributed by atoms with Crippen LogP contribution in [0.4, 0.5) is 4.39 Å². The lowest BCUT2D eigenvalue weighted by Gasteiger charge is -2.18. The van der Waals surface area contributed by atoms with Crippen LogP contribution in [0.3, 0.4) is 0 Å². The quantitative estimate of drug-likeness (QED) is 0.379. The third kappa shape index (κ3) is 3.31. The van der Waals surface area contributed by atoms with Crippen molar-refractivity contribution in [3.05, 3.63) is 66.4 Å². The van der Waals surface area contributed by atoms with E-state index in [-0.39, 0.29) is 11.2 Å². The highest BCUT2D eigenvalue weighted by Crippen LogP contribution is 2.37. The van der Waals surface area contributed by atoms with E-state index in [0.29, 0.717) is 0 Å². The van der Waals surface area contributed by atoms with Gasteiger partial charge < -0.3 is 0 Å². The van der Waals surface area contributed by atoms with Gasteiger partial charge in [-0.3, -0.25) is 0 Å². The van der Waals surface area contributed by atoms with Crippen LogP contribution in [0.1, 0.15) is 27.6 Å². The molecule has 1 unspecified atom stereocenters. The summed E-state index contributed by atoms with van der Waals surface area (Å²) in [5.74, 6) is -0.216. The van der Waals surface area contributed by atoms with Crippen LogP contribution in [0, 0.1) is 23.2 Å². The molecule has 0 heterocycles. The molecule has 0 amide bonds. The molecule has 2 aromatic rings. The maximum absolute atomic E-state index is 13.4. The zero-order chi connectivity index (χ0) is 14.2. The largest absolute Gasteiger partial charge is 0.207 e. The van der Waals surface area contributed by atoms with E-state index >= 15 is 0 Å². The number of benzene rings is 2. The second-order valence-corrected chi connectivity index (χ2v) is 7.00. The molecule has 0 saturated heterocycles. The fourth-order valence-corrected chi connectivity index (χ4v) is 3.92. The first-order valence-electron chi connectivity index (χ1n) is 5.76. The Morgan fingerprint density at radius 1 is 1.16 bits per heavy atom. The molecule has 1 atom stereocenters. The normalized spacial score (nSPS) is 12.5. The Balaban J connectivity index is 2.56. The fraction of sp³-hybridized carbons (Fsp3) is 0.200. The van der Waals surface area contributed by atoms with Gasteiger partial charge in [-0.2, -0.15) is 0 Å². The van der Waals surface area contributed by atoms with Crippen LogP contribution in [0.25, 0.3) is 0 Å². The van der Waals surface area contributed by atoms with E-state index in [4.69, 9.17) is 11.6 Å². The van der Waals surface area contributed by atoms with Crippen LogP contribution in [0.2, 0.25) is 0 Å². The molecular weight excluding hydrogens is 441 g/mol. The van der Waals surface area contributed by atoms with Crippen LogP contribution in [-0.4, -0.2) is 0 Å². The smallest absolute Gasteiger partial charge is 0.123 e. The Morgan fingerprint density at radius 2 is 1.74 bits per heavy atom. The molecule has 0 aromatic heterocycles. The van der Waals surface area contributed by atoms with E-state index in [1.165, 1.54) is 12.1 Å². The Bertz CT molecular complexity index is 605. The van der Waals surface area contributed by atoms with Gasteiger partial charge in [0, 0.05) is 8.04 Å². The monoisotopic (exact) mass is 452 g/mol. The Labute approximate surface area is 139 Å². The molecule has 0 aliphatic rings. The molecule has 4 heteroatoms. The number of rotatable bonds is 2. The van der Waals surface area contributed by atoms with E-state index in [2.05, 4.69) is 38.5 Å². The summed E-state index contributed by atoms with van der Waals surface area (Å²) >= 11 is 12.4. The van der Waals surface area contributed by atoms with Crippen molar-refractivity contribution in [2.75, 3.05) is 0 Å². The van der Waals surface area contributed by atoms with Crippen molar-refractivity contribution in [2.45, 2.75) is 19.2 Å².